The number of phenols is 2. The molecule has 0 aliphatic rings. The molecular formula is C30H24N2O10S2. The van der Waals surface area contributed by atoms with Crippen LogP contribution in [0.2, 0.25) is 0 Å². The van der Waals surface area contributed by atoms with E-state index in [2.05, 4.69) is 9.97 Å². The molecule has 0 saturated carbocycles. The van der Waals surface area contributed by atoms with Crippen molar-refractivity contribution in [3.63, 3.8) is 0 Å². The second kappa shape index (κ2) is 12.3. The summed E-state index contributed by atoms with van der Waals surface area (Å²) in [5, 5.41) is 39.2. The second-order valence-corrected chi connectivity index (χ2v) is 11.7. The van der Waals surface area contributed by atoms with E-state index in [4.69, 9.17) is 19.7 Å². The molecule has 0 saturated heterocycles. The fourth-order valence-electron chi connectivity index (χ4n) is 4.58. The first-order valence-corrected chi connectivity index (χ1v) is 14.7. The zero-order chi connectivity index (χ0) is 31.7. The van der Waals surface area contributed by atoms with Crippen molar-refractivity contribution in [1.82, 2.24) is 9.97 Å². The monoisotopic (exact) mass is 636 g/mol. The molecular weight excluding hydrogens is 612 g/mol. The second-order valence-electron chi connectivity index (χ2n) is 9.60. The maximum Gasteiger partial charge on any atom is 0.303 e. The van der Waals surface area contributed by atoms with Crippen LogP contribution in [-0.4, -0.2) is 68.1 Å². The predicted molar refractivity (Wildman–Crippen MR) is 163 cm³/mol. The fourth-order valence-corrected chi connectivity index (χ4v) is 6.49. The Labute approximate surface area is 256 Å². The van der Waals surface area contributed by atoms with E-state index in [0.29, 0.717) is 54.2 Å². The fraction of sp³-hybridized carbons (Fsp3) is 0.200. The number of benzene rings is 3. The number of carboxylic acids is 2. The molecule has 14 heteroatoms. The Kier molecular flexibility index (Phi) is 8.47. The molecule has 5 rings (SSSR count). The van der Waals surface area contributed by atoms with Gasteiger partial charge in [0.25, 0.3) is 0 Å². The van der Waals surface area contributed by atoms with E-state index < -0.39 is 35.0 Å². The van der Waals surface area contributed by atoms with Gasteiger partial charge in [-0.15, -0.1) is 22.7 Å². The average Bonchev–Trinajstić information content (AvgIpc) is 3.62. The van der Waals surface area contributed by atoms with Crippen LogP contribution in [0.15, 0.2) is 36.4 Å². The Morgan fingerprint density at radius 2 is 1.00 bits per heavy atom. The van der Waals surface area contributed by atoms with Crippen LogP contribution >= 0.6 is 22.7 Å². The van der Waals surface area contributed by atoms with Gasteiger partial charge in [0.1, 0.15) is 11.5 Å². The van der Waals surface area contributed by atoms with E-state index in [-0.39, 0.29) is 35.7 Å². The summed E-state index contributed by atoms with van der Waals surface area (Å²) in [6, 6.07) is 9.44. The molecule has 4 N–H and O–H groups in total. The van der Waals surface area contributed by atoms with Crippen molar-refractivity contribution in [1.29, 1.82) is 0 Å². The Hall–Kier alpha value is -5.08. The minimum atomic E-state index is -1.09. The largest absolute Gasteiger partial charge is 0.504 e. The summed E-state index contributed by atoms with van der Waals surface area (Å²) in [7, 11) is 2.89. The number of hydrogen-bond donors (Lipinski definition) is 4. The van der Waals surface area contributed by atoms with Gasteiger partial charge in [-0.2, -0.15) is 0 Å². The molecule has 0 spiro atoms. The van der Waals surface area contributed by atoms with E-state index in [1.54, 1.807) is 24.3 Å². The van der Waals surface area contributed by atoms with Crippen LogP contribution in [-0.2, 0) is 9.59 Å². The Morgan fingerprint density at radius 1 is 0.614 bits per heavy atom. The molecule has 0 unspecified atom stereocenters. The number of fused-ring (bicyclic) bond motifs is 2. The SMILES string of the molecule is COc1cc2nc(C(=O)CCC(=O)O)sc2cc1-c1cc(O)c(O)cc1-c1cc2sc(C(=O)CCC(=O)O)nc2cc1OC. The van der Waals surface area contributed by atoms with Crippen molar-refractivity contribution in [2.24, 2.45) is 0 Å². The summed E-state index contributed by atoms with van der Waals surface area (Å²) in [6.07, 6.45) is -1.02. The molecule has 226 valence electrons. The molecule has 3 aromatic carbocycles. The molecule has 0 bridgehead atoms. The molecule has 0 aliphatic carbocycles. The van der Waals surface area contributed by atoms with Crippen LogP contribution in [0.25, 0.3) is 42.7 Å². The number of phenolic OH excluding ortho intramolecular Hbond substituents is 2. The Bertz CT molecular complexity index is 1840. The molecule has 5 aromatic rings. The van der Waals surface area contributed by atoms with Crippen LogP contribution in [0.3, 0.4) is 0 Å². The number of aromatic hydroxyl groups is 2. The number of rotatable bonds is 12. The number of thiazole rings is 2. The van der Waals surface area contributed by atoms with E-state index in [1.807, 2.05) is 0 Å². The average molecular weight is 637 g/mol. The molecule has 12 nitrogen and oxygen atoms in total. The minimum Gasteiger partial charge on any atom is -0.504 e. The number of Topliss-reactive ketones (excluding diaryl/α,β-unsaturated/α-hetero) is 2. The zero-order valence-corrected chi connectivity index (χ0v) is 24.9. The first kappa shape index (κ1) is 30.4. The topological polar surface area (TPSA) is 193 Å². The van der Waals surface area contributed by atoms with Crippen LogP contribution in [0.5, 0.6) is 23.0 Å². The van der Waals surface area contributed by atoms with Crippen LogP contribution in [0, 0.1) is 0 Å². The number of hydrogen-bond acceptors (Lipinski definition) is 12. The maximum absolute atomic E-state index is 12.6. The zero-order valence-electron chi connectivity index (χ0n) is 23.2. The lowest BCUT2D eigenvalue weighted by molar-refractivity contribution is -0.137. The summed E-state index contributed by atoms with van der Waals surface area (Å²) in [6.45, 7) is 0. The molecule has 0 amide bonds. The van der Waals surface area contributed by atoms with E-state index >= 15 is 0 Å². The summed E-state index contributed by atoms with van der Waals surface area (Å²) >= 11 is 2.19. The molecule has 2 heterocycles. The molecule has 0 radical (unpaired) electrons. The van der Waals surface area contributed by atoms with Gasteiger partial charge in [0.15, 0.2) is 33.1 Å². The van der Waals surface area contributed by atoms with Gasteiger partial charge in [-0.05, 0) is 35.4 Å². The maximum atomic E-state index is 12.6. The van der Waals surface area contributed by atoms with E-state index in [9.17, 15) is 29.4 Å². The van der Waals surface area contributed by atoms with Gasteiger partial charge in [0, 0.05) is 36.1 Å². The minimum absolute atomic E-state index is 0.153. The van der Waals surface area contributed by atoms with E-state index in [1.165, 1.54) is 26.4 Å². The lowest BCUT2D eigenvalue weighted by Crippen LogP contribution is -2.03. The number of carbonyl (C=O) groups excluding carboxylic acids is 2. The quantitative estimate of drug-likeness (QED) is 0.0956. The first-order chi connectivity index (χ1) is 21.0. The number of aromatic nitrogens is 2. The highest BCUT2D eigenvalue weighted by atomic mass is 32.1. The molecule has 44 heavy (non-hydrogen) atoms. The highest BCUT2D eigenvalue weighted by molar-refractivity contribution is 7.20. The van der Waals surface area contributed by atoms with Gasteiger partial charge in [0.05, 0.1) is 47.5 Å². The van der Waals surface area contributed by atoms with Crippen molar-refractivity contribution in [3.05, 3.63) is 46.4 Å². The van der Waals surface area contributed by atoms with Crippen molar-refractivity contribution >= 4 is 66.6 Å². The highest BCUT2D eigenvalue weighted by Crippen LogP contribution is 2.48. The Balaban J connectivity index is 1.65. The summed E-state index contributed by atoms with van der Waals surface area (Å²) < 4.78 is 12.5. The van der Waals surface area contributed by atoms with E-state index in [0.717, 1.165) is 22.7 Å². The predicted octanol–water partition coefficient (Wildman–Crippen LogP) is 5.76. The van der Waals surface area contributed by atoms with Gasteiger partial charge >= 0.3 is 11.9 Å². The van der Waals surface area contributed by atoms with Gasteiger partial charge in [0.2, 0.25) is 0 Å². The van der Waals surface area contributed by atoms with Crippen LogP contribution in [0.1, 0.15) is 45.3 Å². The normalized spacial score (nSPS) is 11.1. The number of carbonyl (C=O) groups is 4. The van der Waals surface area contributed by atoms with Crippen molar-refractivity contribution < 1.29 is 49.1 Å². The number of ether oxygens (including phenoxy) is 2. The standard InChI is InChI=1S/C30H24N2O10S2/c1-41-23-11-17-25(43-29(31-17)19(33)3-5-27(37)38)9-15(23)13-7-21(35)22(36)8-14(13)16-10-26-18(12-24(16)42-2)32-30(44-26)20(34)4-6-28(39)40/h7-12,35-36H,3-6H2,1-2H3,(H,37,38)(H,39,40). The number of methoxy groups -OCH3 is 2. The summed E-state index contributed by atoms with van der Waals surface area (Å²) in [4.78, 5) is 55.7. The lowest BCUT2D eigenvalue weighted by atomic mass is 9.92. The first-order valence-electron chi connectivity index (χ1n) is 13.0. The number of carboxylic acid groups (broad SMARTS) is 2. The van der Waals surface area contributed by atoms with Crippen LogP contribution in [0.4, 0.5) is 0 Å². The van der Waals surface area contributed by atoms with Gasteiger partial charge in [-0.1, -0.05) is 0 Å². The van der Waals surface area contributed by atoms with Crippen molar-refractivity contribution in [3.8, 4) is 45.3 Å². The van der Waals surface area contributed by atoms with Gasteiger partial charge in [-0.25, -0.2) is 9.97 Å². The molecule has 0 atom stereocenters. The van der Waals surface area contributed by atoms with Crippen molar-refractivity contribution in [2.75, 3.05) is 14.2 Å². The molecule has 2 aromatic heterocycles. The van der Waals surface area contributed by atoms with Crippen molar-refractivity contribution in [2.45, 2.75) is 25.7 Å². The molecule has 0 fully saturated rings. The third kappa shape index (κ3) is 6.02. The van der Waals surface area contributed by atoms with Gasteiger partial charge in [-0.3, -0.25) is 19.2 Å². The number of aliphatic carboxylic acids is 2. The van der Waals surface area contributed by atoms with Crippen LogP contribution < -0.4 is 9.47 Å². The van der Waals surface area contributed by atoms with Gasteiger partial charge < -0.3 is 29.9 Å². The molecule has 0 aliphatic heterocycles. The summed E-state index contributed by atoms with van der Waals surface area (Å²) in [5.41, 5.74) is 2.78. The number of ketones is 2. The number of nitrogens with zero attached hydrogens (tertiary/aromatic N) is 2. The highest BCUT2D eigenvalue weighted by Gasteiger charge is 2.23. The Morgan fingerprint density at radius 3 is 1.34 bits per heavy atom. The smallest absolute Gasteiger partial charge is 0.303 e. The summed E-state index contributed by atoms with van der Waals surface area (Å²) in [5.74, 6) is -3.08. The third-order valence-electron chi connectivity index (χ3n) is 6.72. The third-order valence-corrected chi connectivity index (χ3v) is 8.84. The lowest BCUT2D eigenvalue weighted by Gasteiger charge is -2.17.